The molecule has 4 heteroatoms. The molecule has 3 rings (SSSR count). The van der Waals surface area contributed by atoms with Gasteiger partial charge in [0.1, 0.15) is 0 Å². The maximum Gasteiger partial charge on any atom is 0.0877 e. The first kappa shape index (κ1) is 14.5. The number of aromatic nitrogens is 2. The van der Waals surface area contributed by atoms with Crippen LogP contribution < -0.4 is 5.32 Å². The molecule has 1 fully saturated rings. The zero-order chi connectivity index (χ0) is 14.7. The third-order valence-electron chi connectivity index (χ3n) is 4.43. The van der Waals surface area contributed by atoms with E-state index in [2.05, 4.69) is 17.3 Å². The lowest BCUT2D eigenvalue weighted by Crippen LogP contribution is -2.20. The summed E-state index contributed by atoms with van der Waals surface area (Å²) < 4.78 is 1.88. The fourth-order valence-electron chi connectivity index (χ4n) is 3.05. The predicted molar refractivity (Wildman–Crippen MR) is 88.2 cm³/mol. The Morgan fingerprint density at radius 2 is 2.10 bits per heavy atom. The maximum absolute atomic E-state index is 6.15. The minimum atomic E-state index is 0.755. The normalized spacial score (nSPS) is 22.2. The van der Waals surface area contributed by atoms with Gasteiger partial charge in [0.05, 0.1) is 11.4 Å². The number of rotatable bonds is 4. The Hall–Kier alpha value is -1.48. The Labute approximate surface area is 131 Å². The highest BCUT2D eigenvalue weighted by molar-refractivity contribution is 6.31. The predicted octanol–water partition coefficient (Wildman–Crippen LogP) is 4.76. The molecule has 1 aromatic carbocycles. The highest BCUT2D eigenvalue weighted by Gasteiger charge is 2.18. The molecule has 0 aliphatic heterocycles. The van der Waals surface area contributed by atoms with Crippen molar-refractivity contribution in [2.45, 2.75) is 32.6 Å². The molecule has 1 N–H and O–H groups in total. The van der Waals surface area contributed by atoms with E-state index in [-0.39, 0.29) is 0 Å². The van der Waals surface area contributed by atoms with Gasteiger partial charge in [-0.1, -0.05) is 31.4 Å². The van der Waals surface area contributed by atoms with Gasteiger partial charge < -0.3 is 5.32 Å². The molecule has 0 unspecified atom stereocenters. The van der Waals surface area contributed by atoms with Crippen LogP contribution in [0.15, 0.2) is 36.7 Å². The fraction of sp³-hybridized carbons (Fsp3) is 0.471. The lowest BCUT2D eigenvalue weighted by atomic mass is 9.83. The highest BCUT2D eigenvalue weighted by Crippen LogP contribution is 2.30. The Balaban J connectivity index is 1.71. The van der Waals surface area contributed by atoms with Crippen LogP contribution in [-0.4, -0.2) is 16.3 Å². The molecule has 0 spiro atoms. The van der Waals surface area contributed by atoms with E-state index < -0.39 is 0 Å². The van der Waals surface area contributed by atoms with Crippen molar-refractivity contribution in [1.29, 1.82) is 0 Å². The van der Waals surface area contributed by atoms with E-state index in [4.69, 9.17) is 11.6 Å². The number of halogens is 1. The molecular formula is C17H22ClN3. The van der Waals surface area contributed by atoms with Crippen LogP contribution in [0, 0.1) is 11.8 Å². The molecule has 1 heterocycles. The first-order chi connectivity index (χ1) is 10.2. The molecule has 0 saturated heterocycles. The van der Waals surface area contributed by atoms with Gasteiger partial charge >= 0.3 is 0 Å². The molecule has 0 amide bonds. The van der Waals surface area contributed by atoms with Crippen LogP contribution in [0.3, 0.4) is 0 Å². The van der Waals surface area contributed by atoms with Crippen LogP contribution in [0.5, 0.6) is 0 Å². The van der Waals surface area contributed by atoms with Crippen molar-refractivity contribution in [3.8, 4) is 5.69 Å². The lowest BCUT2D eigenvalue weighted by molar-refractivity contribution is 0.300. The van der Waals surface area contributed by atoms with Crippen molar-refractivity contribution in [3.05, 3.63) is 41.7 Å². The zero-order valence-corrected chi connectivity index (χ0v) is 13.2. The monoisotopic (exact) mass is 303 g/mol. The van der Waals surface area contributed by atoms with Crippen LogP contribution in [0.25, 0.3) is 5.69 Å². The van der Waals surface area contributed by atoms with Gasteiger partial charge in [-0.2, -0.15) is 5.10 Å². The van der Waals surface area contributed by atoms with Crippen LogP contribution in [0.2, 0.25) is 5.02 Å². The highest BCUT2D eigenvalue weighted by atomic mass is 35.5. The molecule has 2 aromatic rings. The number of benzene rings is 1. The van der Waals surface area contributed by atoms with Crippen molar-refractivity contribution in [3.63, 3.8) is 0 Å². The van der Waals surface area contributed by atoms with E-state index in [1.54, 1.807) is 6.20 Å². The summed E-state index contributed by atoms with van der Waals surface area (Å²) in [7, 11) is 0. The second-order valence-corrected chi connectivity index (χ2v) is 6.56. The summed E-state index contributed by atoms with van der Waals surface area (Å²) >= 11 is 6.15. The molecule has 1 aliphatic carbocycles. The molecule has 1 aliphatic rings. The fourth-order valence-corrected chi connectivity index (χ4v) is 3.22. The number of nitrogens with zero attached hydrogens (tertiary/aromatic N) is 2. The maximum atomic E-state index is 6.15. The van der Waals surface area contributed by atoms with Gasteiger partial charge in [0, 0.05) is 24.0 Å². The summed E-state index contributed by atoms with van der Waals surface area (Å²) in [5.41, 5.74) is 2.11. The van der Waals surface area contributed by atoms with Gasteiger partial charge in [0.2, 0.25) is 0 Å². The standard InChI is InChI=1S/C17H22ClN3/c1-13-3-5-14(6-4-13)12-19-16-11-15(18)7-8-17(16)21-10-2-9-20-21/h2,7-11,13-14,19H,3-6,12H2,1H3. The number of hydrogen-bond donors (Lipinski definition) is 1. The number of nitrogens with one attached hydrogen (secondary N) is 1. The molecule has 0 bridgehead atoms. The summed E-state index contributed by atoms with van der Waals surface area (Å²) in [5.74, 6) is 1.66. The first-order valence-electron chi connectivity index (χ1n) is 7.76. The SMILES string of the molecule is CC1CCC(CNc2cc(Cl)ccc2-n2cccn2)CC1. The Bertz CT molecular complexity index is 572. The largest absolute Gasteiger partial charge is 0.383 e. The number of hydrogen-bond acceptors (Lipinski definition) is 2. The second kappa shape index (κ2) is 6.52. The molecule has 21 heavy (non-hydrogen) atoms. The molecule has 0 radical (unpaired) electrons. The van der Waals surface area contributed by atoms with Crippen molar-refractivity contribution in [2.75, 3.05) is 11.9 Å². The van der Waals surface area contributed by atoms with E-state index in [0.29, 0.717) is 0 Å². The van der Waals surface area contributed by atoms with E-state index in [9.17, 15) is 0 Å². The summed E-state index contributed by atoms with van der Waals surface area (Å²) in [6.07, 6.45) is 9.11. The Kier molecular flexibility index (Phi) is 4.49. The van der Waals surface area contributed by atoms with Gasteiger partial charge in [0.25, 0.3) is 0 Å². The molecule has 112 valence electrons. The van der Waals surface area contributed by atoms with Gasteiger partial charge in [-0.25, -0.2) is 4.68 Å². The molecule has 3 nitrogen and oxygen atoms in total. The van der Waals surface area contributed by atoms with Crippen LogP contribution >= 0.6 is 11.6 Å². The molecule has 1 aromatic heterocycles. The van der Waals surface area contributed by atoms with Crippen LogP contribution in [-0.2, 0) is 0 Å². The van der Waals surface area contributed by atoms with E-state index in [1.165, 1.54) is 25.7 Å². The van der Waals surface area contributed by atoms with Gasteiger partial charge in [0.15, 0.2) is 0 Å². The van der Waals surface area contributed by atoms with Gasteiger partial charge in [-0.15, -0.1) is 0 Å². The molecule has 1 saturated carbocycles. The molecule has 0 atom stereocenters. The number of anilines is 1. The van der Waals surface area contributed by atoms with Crippen LogP contribution in [0.4, 0.5) is 5.69 Å². The third kappa shape index (κ3) is 3.59. The topological polar surface area (TPSA) is 29.9 Å². The van der Waals surface area contributed by atoms with Crippen molar-refractivity contribution in [1.82, 2.24) is 9.78 Å². The first-order valence-corrected chi connectivity index (χ1v) is 8.13. The summed E-state index contributed by atoms with van der Waals surface area (Å²) in [6.45, 7) is 3.37. The third-order valence-corrected chi connectivity index (χ3v) is 4.66. The van der Waals surface area contributed by atoms with E-state index >= 15 is 0 Å². The minimum Gasteiger partial charge on any atom is -0.383 e. The zero-order valence-electron chi connectivity index (χ0n) is 12.4. The van der Waals surface area contributed by atoms with Crippen molar-refractivity contribution in [2.24, 2.45) is 11.8 Å². The summed E-state index contributed by atoms with van der Waals surface area (Å²) in [5, 5.41) is 8.65. The van der Waals surface area contributed by atoms with Crippen molar-refractivity contribution < 1.29 is 0 Å². The van der Waals surface area contributed by atoms with Crippen LogP contribution in [0.1, 0.15) is 32.6 Å². The van der Waals surface area contributed by atoms with Gasteiger partial charge in [-0.3, -0.25) is 0 Å². The summed E-state index contributed by atoms with van der Waals surface area (Å²) in [6, 6.07) is 7.84. The minimum absolute atomic E-state index is 0.755. The van der Waals surface area contributed by atoms with E-state index in [0.717, 1.165) is 34.8 Å². The smallest absolute Gasteiger partial charge is 0.0877 e. The van der Waals surface area contributed by atoms with Crippen molar-refractivity contribution >= 4 is 17.3 Å². The second-order valence-electron chi connectivity index (χ2n) is 6.12. The Morgan fingerprint density at radius 3 is 2.81 bits per heavy atom. The quantitative estimate of drug-likeness (QED) is 0.882. The lowest BCUT2D eigenvalue weighted by Gasteiger charge is -2.27. The van der Waals surface area contributed by atoms with E-state index in [1.807, 2.05) is 35.1 Å². The van der Waals surface area contributed by atoms with Gasteiger partial charge in [-0.05, 0) is 48.9 Å². The Morgan fingerprint density at radius 1 is 1.29 bits per heavy atom. The average Bonchev–Trinajstić information content (AvgIpc) is 3.01. The average molecular weight is 304 g/mol. The molecular weight excluding hydrogens is 282 g/mol. The summed E-state index contributed by atoms with van der Waals surface area (Å²) in [4.78, 5) is 0.